The van der Waals surface area contributed by atoms with Crippen LogP contribution in [0.1, 0.15) is 68.8 Å². The van der Waals surface area contributed by atoms with Gasteiger partial charge in [-0.05, 0) is 25.5 Å². The normalized spacial score (nSPS) is 18.3. The summed E-state index contributed by atoms with van der Waals surface area (Å²) in [6, 6.07) is 11.4. The number of benzene rings is 1. The lowest BCUT2D eigenvalue weighted by Crippen LogP contribution is -2.43. The van der Waals surface area contributed by atoms with Crippen molar-refractivity contribution in [3.05, 3.63) is 53.3 Å². The Kier molecular flexibility index (Phi) is 6.71. The molecular formula is C24H32N4O4. The third-order valence-electron chi connectivity index (χ3n) is 5.41. The van der Waals surface area contributed by atoms with Crippen molar-refractivity contribution in [2.75, 3.05) is 13.7 Å². The molecule has 2 heterocycles. The van der Waals surface area contributed by atoms with E-state index in [2.05, 4.69) is 36.3 Å². The second-order valence-corrected chi connectivity index (χ2v) is 9.46. The number of carbonyl (C=O) groups excluding carboxylic acids is 2. The highest BCUT2D eigenvalue weighted by molar-refractivity contribution is 5.99. The van der Waals surface area contributed by atoms with Crippen LogP contribution in [0.3, 0.4) is 0 Å². The molecule has 1 aromatic carbocycles. The van der Waals surface area contributed by atoms with E-state index in [9.17, 15) is 9.59 Å². The number of rotatable bonds is 7. The first-order chi connectivity index (χ1) is 15.1. The highest BCUT2D eigenvalue weighted by Crippen LogP contribution is 2.30. The minimum atomic E-state index is -1.23. The predicted octanol–water partition coefficient (Wildman–Crippen LogP) is 3.42. The van der Waals surface area contributed by atoms with Gasteiger partial charge in [-0.15, -0.1) is 0 Å². The number of nitrogens with one attached hydrogen (secondary N) is 1. The summed E-state index contributed by atoms with van der Waals surface area (Å²) in [5, 5.41) is 11.6. The van der Waals surface area contributed by atoms with E-state index in [1.807, 2.05) is 50.2 Å². The number of hydrogen-bond acceptors (Lipinski definition) is 6. The standard InChI is InChI=1S/C24H32N4O4/c1-16(2)28-19(12-20(26-28)23(3,4)5)21(29)25-15-18-14-24(32-27-18,22(30)31-6)13-17-10-8-7-9-11-17/h7-12,16H,13-15H2,1-6H3,(H,25,29). The van der Waals surface area contributed by atoms with Gasteiger partial charge in [0, 0.05) is 24.3 Å². The molecule has 1 aliphatic heterocycles. The number of aromatic nitrogens is 2. The average molecular weight is 441 g/mol. The van der Waals surface area contributed by atoms with E-state index in [-0.39, 0.29) is 30.3 Å². The van der Waals surface area contributed by atoms with Gasteiger partial charge in [-0.3, -0.25) is 9.48 Å². The van der Waals surface area contributed by atoms with Gasteiger partial charge in [-0.1, -0.05) is 56.3 Å². The Labute approximate surface area is 189 Å². The first-order valence-electron chi connectivity index (χ1n) is 10.8. The van der Waals surface area contributed by atoms with E-state index in [1.54, 1.807) is 4.68 Å². The first-order valence-corrected chi connectivity index (χ1v) is 10.8. The second-order valence-electron chi connectivity index (χ2n) is 9.46. The molecule has 0 spiro atoms. The van der Waals surface area contributed by atoms with Gasteiger partial charge in [-0.2, -0.15) is 5.10 Å². The Morgan fingerprint density at radius 1 is 1.25 bits per heavy atom. The molecule has 1 amide bonds. The van der Waals surface area contributed by atoms with Gasteiger partial charge in [0.25, 0.3) is 5.91 Å². The van der Waals surface area contributed by atoms with Crippen molar-refractivity contribution >= 4 is 17.6 Å². The van der Waals surface area contributed by atoms with Crippen LogP contribution in [0.2, 0.25) is 0 Å². The monoisotopic (exact) mass is 440 g/mol. The summed E-state index contributed by atoms with van der Waals surface area (Å²) < 4.78 is 6.73. The molecule has 32 heavy (non-hydrogen) atoms. The summed E-state index contributed by atoms with van der Waals surface area (Å²) in [4.78, 5) is 31.1. The fraction of sp³-hybridized carbons (Fsp3) is 0.500. The molecule has 1 atom stereocenters. The van der Waals surface area contributed by atoms with Gasteiger partial charge in [0.1, 0.15) is 5.69 Å². The Morgan fingerprint density at radius 2 is 1.94 bits per heavy atom. The van der Waals surface area contributed by atoms with Crippen LogP contribution in [0, 0.1) is 0 Å². The second kappa shape index (κ2) is 9.14. The fourth-order valence-corrected chi connectivity index (χ4v) is 3.63. The molecular weight excluding hydrogens is 408 g/mol. The zero-order valence-electron chi connectivity index (χ0n) is 19.6. The molecule has 1 unspecified atom stereocenters. The zero-order chi connectivity index (χ0) is 23.5. The van der Waals surface area contributed by atoms with Crippen molar-refractivity contribution in [1.82, 2.24) is 15.1 Å². The van der Waals surface area contributed by atoms with Crippen LogP contribution in [0.5, 0.6) is 0 Å². The summed E-state index contributed by atoms with van der Waals surface area (Å²) >= 11 is 0. The highest BCUT2D eigenvalue weighted by Gasteiger charge is 2.47. The molecule has 172 valence electrons. The Bertz CT molecular complexity index is 1000. The van der Waals surface area contributed by atoms with Crippen molar-refractivity contribution in [3.8, 4) is 0 Å². The van der Waals surface area contributed by atoms with Crippen LogP contribution in [0.15, 0.2) is 41.6 Å². The van der Waals surface area contributed by atoms with Gasteiger partial charge in [0.05, 0.1) is 25.1 Å². The van der Waals surface area contributed by atoms with Crippen LogP contribution in [0.4, 0.5) is 0 Å². The third-order valence-corrected chi connectivity index (χ3v) is 5.41. The number of hydrogen-bond donors (Lipinski definition) is 1. The number of nitrogens with zero attached hydrogens (tertiary/aromatic N) is 3. The number of methoxy groups -OCH3 is 1. The number of ether oxygens (including phenoxy) is 1. The molecule has 0 saturated heterocycles. The number of esters is 1. The van der Waals surface area contributed by atoms with E-state index in [1.165, 1.54) is 7.11 Å². The minimum absolute atomic E-state index is 0.0388. The summed E-state index contributed by atoms with van der Waals surface area (Å²) in [5.41, 5.74) is 1.46. The summed E-state index contributed by atoms with van der Waals surface area (Å²) in [5.74, 6) is -0.734. The van der Waals surface area contributed by atoms with Gasteiger partial charge in [0.2, 0.25) is 5.60 Å². The molecule has 1 N–H and O–H groups in total. The van der Waals surface area contributed by atoms with E-state index >= 15 is 0 Å². The number of amides is 1. The van der Waals surface area contributed by atoms with E-state index in [4.69, 9.17) is 9.57 Å². The topological polar surface area (TPSA) is 94.8 Å². The molecule has 0 saturated carbocycles. The lowest BCUT2D eigenvalue weighted by Gasteiger charge is -2.23. The molecule has 2 aromatic rings. The van der Waals surface area contributed by atoms with E-state index in [0.29, 0.717) is 17.8 Å². The first kappa shape index (κ1) is 23.5. The maximum absolute atomic E-state index is 12.9. The van der Waals surface area contributed by atoms with Crippen molar-refractivity contribution in [3.63, 3.8) is 0 Å². The number of carbonyl (C=O) groups is 2. The summed E-state index contributed by atoms with van der Waals surface area (Å²) in [6.45, 7) is 10.3. The van der Waals surface area contributed by atoms with Crippen LogP contribution in [-0.2, 0) is 26.2 Å². The molecule has 3 rings (SSSR count). The molecule has 8 nitrogen and oxygen atoms in total. The van der Waals surface area contributed by atoms with Crippen LogP contribution >= 0.6 is 0 Å². The van der Waals surface area contributed by atoms with Crippen LogP contribution in [0.25, 0.3) is 0 Å². The number of oxime groups is 1. The molecule has 1 aliphatic rings. The van der Waals surface area contributed by atoms with Crippen molar-refractivity contribution in [1.29, 1.82) is 0 Å². The Hall–Kier alpha value is -3.16. The van der Waals surface area contributed by atoms with Crippen LogP contribution in [-0.4, -0.2) is 46.6 Å². The predicted molar refractivity (Wildman–Crippen MR) is 122 cm³/mol. The lowest BCUT2D eigenvalue weighted by molar-refractivity contribution is -0.166. The molecule has 0 fully saturated rings. The van der Waals surface area contributed by atoms with Gasteiger partial charge in [-0.25, -0.2) is 4.79 Å². The SMILES string of the molecule is COC(=O)C1(Cc2ccccc2)CC(CNC(=O)c2cc(C(C)(C)C)nn2C(C)C)=NO1. The van der Waals surface area contributed by atoms with E-state index < -0.39 is 11.6 Å². The summed E-state index contributed by atoms with van der Waals surface area (Å²) in [6.07, 6.45) is 0.571. The van der Waals surface area contributed by atoms with Gasteiger partial charge < -0.3 is 14.9 Å². The van der Waals surface area contributed by atoms with Crippen molar-refractivity contribution in [2.24, 2.45) is 5.16 Å². The quantitative estimate of drug-likeness (QED) is 0.666. The van der Waals surface area contributed by atoms with Crippen molar-refractivity contribution in [2.45, 2.75) is 64.5 Å². The zero-order valence-corrected chi connectivity index (χ0v) is 19.6. The molecule has 0 radical (unpaired) electrons. The molecule has 1 aromatic heterocycles. The molecule has 8 heteroatoms. The maximum Gasteiger partial charge on any atom is 0.353 e. The van der Waals surface area contributed by atoms with Crippen LogP contribution < -0.4 is 5.32 Å². The van der Waals surface area contributed by atoms with Gasteiger partial charge >= 0.3 is 5.97 Å². The molecule has 0 aliphatic carbocycles. The smallest absolute Gasteiger partial charge is 0.353 e. The molecule has 0 bridgehead atoms. The average Bonchev–Trinajstić information content (AvgIpc) is 3.38. The third kappa shape index (κ3) is 5.00. The minimum Gasteiger partial charge on any atom is -0.466 e. The van der Waals surface area contributed by atoms with Crippen molar-refractivity contribution < 1.29 is 19.2 Å². The maximum atomic E-state index is 12.9. The summed E-state index contributed by atoms with van der Waals surface area (Å²) in [7, 11) is 1.33. The fourth-order valence-electron chi connectivity index (χ4n) is 3.63. The van der Waals surface area contributed by atoms with E-state index in [0.717, 1.165) is 11.3 Å². The Balaban J connectivity index is 1.71. The Morgan fingerprint density at radius 3 is 2.53 bits per heavy atom. The highest BCUT2D eigenvalue weighted by atomic mass is 16.7. The lowest BCUT2D eigenvalue weighted by atomic mass is 9.89. The van der Waals surface area contributed by atoms with Gasteiger partial charge in [0.15, 0.2) is 0 Å². The largest absolute Gasteiger partial charge is 0.466 e.